The lowest BCUT2D eigenvalue weighted by atomic mass is 9.74. The Morgan fingerprint density at radius 2 is 2.12 bits per heavy atom. The van der Waals surface area contributed by atoms with Crippen molar-refractivity contribution in [2.75, 3.05) is 13.2 Å². The summed E-state index contributed by atoms with van der Waals surface area (Å²) >= 11 is 0. The Hall–Kier alpha value is -0.800. The Kier molecular flexibility index (Phi) is 4.02. The second-order valence-electron chi connectivity index (χ2n) is 5.02. The normalized spacial score (nSPS) is 19.8. The van der Waals surface area contributed by atoms with Crippen molar-refractivity contribution >= 4 is 0 Å². The molecule has 0 aromatic carbocycles. The maximum atomic E-state index is 9.55. The van der Waals surface area contributed by atoms with Crippen LogP contribution in [0.1, 0.15) is 37.8 Å². The first-order valence-electron chi connectivity index (χ1n) is 6.29. The number of aliphatic hydroxyl groups is 1. The number of aromatic amines is 1. The minimum Gasteiger partial charge on any atom is -0.396 e. The van der Waals surface area contributed by atoms with Gasteiger partial charge >= 0.3 is 0 Å². The number of hydrogen-bond acceptors (Lipinski definition) is 2. The standard InChI is InChI=1S/C13H22N2O/c16-11-13(6-2-1-3-7-13)10-14-9-12-5-4-8-15-12/h4-5,8,14-16H,1-3,6-7,9-11H2. The fraction of sp³-hybridized carbons (Fsp3) is 0.692. The topological polar surface area (TPSA) is 48.0 Å². The molecule has 1 fully saturated rings. The molecule has 16 heavy (non-hydrogen) atoms. The van der Waals surface area contributed by atoms with Gasteiger partial charge in [-0.3, -0.25) is 0 Å². The van der Waals surface area contributed by atoms with Crippen molar-refractivity contribution in [3.8, 4) is 0 Å². The molecule has 2 rings (SSSR count). The van der Waals surface area contributed by atoms with Gasteiger partial charge in [-0.2, -0.15) is 0 Å². The highest BCUT2D eigenvalue weighted by atomic mass is 16.3. The van der Waals surface area contributed by atoms with Crippen LogP contribution in [-0.2, 0) is 6.54 Å². The van der Waals surface area contributed by atoms with Crippen molar-refractivity contribution in [3.63, 3.8) is 0 Å². The summed E-state index contributed by atoms with van der Waals surface area (Å²) in [6.07, 6.45) is 8.15. The van der Waals surface area contributed by atoms with Crippen LogP contribution < -0.4 is 5.32 Å². The third kappa shape index (κ3) is 2.86. The molecule has 0 aliphatic heterocycles. The zero-order chi connectivity index (χ0) is 11.3. The largest absolute Gasteiger partial charge is 0.396 e. The zero-order valence-electron chi connectivity index (χ0n) is 9.84. The zero-order valence-corrected chi connectivity index (χ0v) is 9.84. The monoisotopic (exact) mass is 222 g/mol. The SMILES string of the molecule is OCC1(CNCc2ccc[nH]2)CCCCC1. The molecular formula is C13H22N2O. The summed E-state index contributed by atoms with van der Waals surface area (Å²) in [7, 11) is 0. The van der Waals surface area contributed by atoms with E-state index in [0.29, 0.717) is 6.61 Å². The van der Waals surface area contributed by atoms with Crippen LogP contribution in [0.25, 0.3) is 0 Å². The summed E-state index contributed by atoms with van der Waals surface area (Å²) in [5.41, 5.74) is 1.36. The molecular weight excluding hydrogens is 200 g/mol. The molecule has 0 amide bonds. The van der Waals surface area contributed by atoms with Crippen LogP contribution >= 0.6 is 0 Å². The molecule has 1 aliphatic rings. The lowest BCUT2D eigenvalue weighted by Crippen LogP contribution is -2.38. The van der Waals surface area contributed by atoms with Crippen molar-refractivity contribution in [1.82, 2.24) is 10.3 Å². The highest BCUT2D eigenvalue weighted by Gasteiger charge is 2.30. The second kappa shape index (κ2) is 5.51. The first-order chi connectivity index (χ1) is 7.85. The van der Waals surface area contributed by atoms with Crippen LogP contribution in [0.3, 0.4) is 0 Å². The van der Waals surface area contributed by atoms with Gasteiger partial charge in [0.1, 0.15) is 0 Å². The van der Waals surface area contributed by atoms with E-state index in [1.807, 2.05) is 12.3 Å². The van der Waals surface area contributed by atoms with Gasteiger partial charge < -0.3 is 15.4 Å². The summed E-state index contributed by atoms with van der Waals surface area (Å²) in [6.45, 7) is 2.13. The third-order valence-electron chi connectivity index (χ3n) is 3.73. The molecule has 1 aliphatic carbocycles. The van der Waals surface area contributed by atoms with Gasteiger partial charge in [0.25, 0.3) is 0 Å². The van der Waals surface area contributed by atoms with E-state index in [2.05, 4.69) is 16.4 Å². The van der Waals surface area contributed by atoms with E-state index in [1.54, 1.807) is 0 Å². The summed E-state index contributed by atoms with van der Waals surface area (Å²) in [5.74, 6) is 0. The maximum Gasteiger partial charge on any atom is 0.0499 e. The molecule has 1 saturated carbocycles. The van der Waals surface area contributed by atoms with E-state index in [0.717, 1.165) is 13.1 Å². The summed E-state index contributed by atoms with van der Waals surface area (Å²) in [5, 5.41) is 13.0. The van der Waals surface area contributed by atoms with Gasteiger partial charge in [-0.05, 0) is 25.0 Å². The van der Waals surface area contributed by atoms with Crippen molar-refractivity contribution < 1.29 is 5.11 Å². The Balaban J connectivity index is 1.78. The average Bonchev–Trinajstić information content (AvgIpc) is 2.83. The van der Waals surface area contributed by atoms with Crippen LogP contribution in [0.4, 0.5) is 0 Å². The Labute approximate surface area is 97.3 Å². The molecule has 3 heteroatoms. The van der Waals surface area contributed by atoms with Crippen LogP contribution in [0, 0.1) is 5.41 Å². The van der Waals surface area contributed by atoms with Crippen LogP contribution in [0.15, 0.2) is 18.3 Å². The van der Waals surface area contributed by atoms with Gasteiger partial charge in [-0.15, -0.1) is 0 Å². The quantitative estimate of drug-likeness (QED) is 0.714. The van der Waals surface area contributed by atoms with Crippen molar-refractivity contribution in [2.45, 2.75) is 38.6 Å². The Bertz CT molecular complexity index is 289. The first-order valence-corrected chi connectivity index (χ1v) is 6.29. The average molecular weight is 222 g/mol. The molecule has 0 saturated heterocycles. The lowest BCUT2D eigenvalue weighted by molar-refractivity contribution is 0.0810. The van der Waals surface area contributed by atoms with Crippen molar-refractivity contribution in [2.24, 2.45) is 5.41 Å². The van der Waals surface area contributed by atoms with E-state index in [9.17, 15) is 5.11 Å². The number of nitrogens with one attached hydrogen (secondary N) is 2. The van der Waals surface area contributed by atoms with Gasteiger partial charge in [-0.25, -0.2) is 0 Å². The molecule has 0 atom stereocenters. The predicted molar refractivity (Wildman–Crippen MR) is 65.1 cm³/mol. The highest BCUT2D eigenvalue weighted by molar-refractivity contribution is 5.03. The predicted octanol–water partition coefficient (Wildman–Crippen LogP) is 2.05. The molecule has 1 heterocycles. The molecule has 0 unspecified atom stereocenters. The molecule has 0 spiro atoms. The van der Waals surface area contributed by atoms with Crippen molar-refractivity contribution in [3.05, 3.63) is 24.0 Å². The number of rotatable bonds is 5. The first kappa shape index (κ1) is 11.7. The number of H-pyrrole nitrogens is 1. The van der Waals surface area contributed by atoms with Gasteiger partial charge in [0.05, 0.1) is 0 Å². The third-order valence-corrected chi connectivity index (χ3v) is 3.73. The number of aromatic nitrogens is 1. The number of hydrogen-bond donors (Lipinski definition) is 3. The fourth-order valence-electron chi connectivity index (χ4n) is 2.63. The van der Waals surface area contributed by atoms with E-state index in [4.69, 9.17) is 0 Å². The van der Waals surface area contributed by atoms with Gasteiger partial charge in [0, 0.05) is 37.0 Å². The fourth-order valence-corrected chi connectivity index (χ4v) is 2.63. The van der Waals surface area contributed by atoms with Gasteiger partial charge in [-0.1, -0.05) is 19.3 Å². The number of aliphatic hydroxyl groups excluding tert-OH is 1. The van der Waals surface area contributed by atoms with Crippen LogP contribution in [-0.4, -0.2) is 23.2 Å². The van der Waals surface area contributed by atoms with Crippen LogP contribution in [0.5, 0.6) is 0 Å². The van der Waals surface area contributed by atoms with Crippen LogP contribution in [0.2, 0.25) is 0 Å². The molecule has 1 aromatic heterocycles. The lowest BCUT2D eigenvalue weighted by Gasteiger charge is -2.35. The molecule has 3 nitrogen and oxygen atoms in total. The Morgan fingerprint density at radius 1 is 1.31 bits per heavy atom. The van der Waals surface area contributed by atoms with E-state index in [-0.39, 0.29) is 5.41 Å². The molecule has 1 aromatic rings. The molecule has 0 radical (unpaired) electrons. The highest BCUT2D eigenvalue weighted by Crippen LogP contribution is 2.35. The molecule has 90 valence electrons. The molecule has 0 bridgehead atoms. The maximum absolute atomic E-state index is 9.55. The van der Waals surface area contributed by atoms with E-state index >= 15 is 0 Å². The minimum absolute atomic E-state index is 0.144. The minimum atomic E-state index is 0.144. The summed E-state index contributed by atoms with van der Waals surface area (Å²) in [4.78, 5) is 3.18. The van der Waals surface area contributed by atoms with E-state index < -0.39 is 0 Å². The molecule has 3 N–H and O–H groups in total. The van der Waals surface area contributed by atoms with Gasteiger partial charge in [0.15, 0.2) is 0 Å². The van der Waals surface area contributed by atoms with E-state index in [1.165, 1.54) is 37.8 Å². The van der Waals surface area contributed by atoms with Gasteiger partial charge in [0.2, 0.25) is 0 Å². The summed E-state index contributed by atoms with van der Waals surface area (Å²) < 4.78 is 0. The Morgan fingerprint density at radius 3 is 2.75 bits per heavy atom. The van der Waals surface area contributed by atoms with Crippen molar-refractivity contribution in [1.29, 1.82) is 0 Å². The summed E-state index contributed by atoms with van der Waals surface area (Å²) in [6, 6.07) is 4.10. The smallest absolute Gasteiger partial charge is 0.0499 e. The second-order valence-corrected chi connectivity index (χ2v) is 5.02.